The smallest absolute Gasteiger partial charge is 0.407 e. The van der Waals surface area contributed by atoms with Crippen LogP contribution in [0.25, 0.3) is 11.1 Å². The molecule has 0 bridgehead atoms. The molecular weight excluding hydrogens is 436 g/mol. The predicted molar refractivity (Wildman–Crippen MR) is 124 cm³/mol. The van der Waals surface area contributed by atoms with E-state index in [1.807, 2.05) is 36.4 Å². The highest BCUT2D eigenvalue weighted by molar-refractivity contribution is 5.89. The predicted octanol–water partition coefficient (Wildman–Crippen LogP) is 3.05. The van der Waals surface area contributed by atoms with Gasteiger partial charge in [0.1, 0.15) is 18.2 Å². The van der Waals surface area contributed by atoms with Crippen LogP contribution in [0.1, 0.15) is 46.4 Å². The minimum Gasteiger partial charge on any atom is -0.478 e. The summed E-state index contributed by atoms with van der Waals surface area (Å²) in [5, 5.41) is 18.4. The molecule has 0 spiro atoms. The summed E-state index contributed by atoms with van der Waals surface area (Å²) in [4.78, 5) is 36.5. The number of hydrogen-bond donors (Lipinski definition) is 3. The van der Waals surface area contributed by atoms with Crippen molar-refractivity contribution in [2.45, 2.75) is 31.8 Å². The van der Waals surface area contributed by atoms with E-state index in [1.54, 1.807) is 14.0 Å². The lowest BCUT2D eigenvalue weighted by Crippen LogP contribution is -2.46. The number of nitrogens with zero attached hydrogens (tertiary/aromatic N) is 2. The fraction of sp³-hybridized carbons (Fsp3) is 0.280. The van der Waals surface area contributed by atoms with Gasteiger partial charge in [-0.1, -0.05) is 55.5 Å². The highest BCUT2D eigenvalue weighted by atomic mass is 16.5. The SMILES string of the molecule is CC[C@H](NC(=O)OCC1c2ccccc2-c2ccccc21)C(=O)NCc1c(C(=O)O)cnn1C. The molecule has 4 rings (SSSR count). The van der Waals surface area contributed by atoms with Gasteiger partial charge in [-0.25, -0.2) is 9.59 Å². The molecule has 9 heteroatoms. The molecule has 0 fully saturated rings. The fourth-order valence-corrected chi connectivity index (χ4v) is 4.28. The van der Waals surface area contributed by atoms with Crippen molar-refractivity contribution in [3.8, 4) is 11.1 Å². The maximum absolute atomic E-state index is 12.6. The maximum Gasteiger partial charge on any atom is 0.407 e. The average Bonchev–Trinajstić information content (AvgIpc) is 3.37. The van der Waals surface area contributed by atoms with E-state index in [0.717, 1.165) is 22.3 Å². The van der Waals surface area contributed by atoms with Crippen molar-refractivity contribution in [3.05, 3.63) is 77.1 Å². The van der Waals surface area contributed by atoms with Crippen LogP contribution in [-0.4, -0.2) is 45.5 Å². The first kappa shape index (κ1) is 23.0. The zero-order chi connectivity index (χ0) is 24.2. The number of carboxylic acids is 1. The van der Waals surface area contributed by atoms with Gasteiger partial charge in [-0.3, -0.25) is 9.48 Å². The molecule has 2 aromatic carbocycles. The summed E-state index contributed by atoms with van der Waals surface area (Å²) >= 11 is 0. The highest BCUT2D eigenvalue weighted by Crippen LogP contribution is 2.44. The second-order valence-electron chi connectivity index (χ2n) is 8.08. The van der Waals surface area contributed by atoms with E-state index in [4.69, 9.17) is 4.74 Å². The Kier molecular flexibility index (Phi) is 6.62. The summed E-state index contributed by atoms with van der Waals surface area (Å²) in [6.07, 6.45) is 0.888. The monoisotopic (exact) mass is 462 g/mol. The van der Waals surface area contributed by atoms with Gasteiger partial charge in [0.25, 0.3) is 0 Å². The van der Waals surface area contributed by atoms with E-state index in [1.165, 1.54) is 10.9 Å². The van der Waals surface area contributed by atoms with Gasteiger partial charge >= 0.3 is 12.1 Å². The average molecular weight is 463 g/mol. The minimum absolute atomic E-state index is 0.0142. The van der Waals surface area contributed by atoms with Crippen molar-refractivity contribution < 1.29 is 24.2 Å². The second kappa shape index (κ2) is 9.78. The number of alkyl carbamates (subject to hydrolysis) is 1. The van der Waals surface area contributed by atoms with Gasteiger partial charge in [-0.15, -0.1) is 0 Å². The molecule has 9 nitrogen and oxygen atoms in total. The summed E-state index contributed by atoms with van der Waals surface area (Å²) in [6, 6.07) is 15.3. The van der Waals surface area contributed by atoms with Crippen molar-refractivity contribution in [2.75, 3.05) is 6.61 Å². The van der Waals surface area contributed by atoms with E-state index in [9.17, 15) is 19.5 Å². The molecule has 2 amide bonds. The van der Waals surface area contributed by atoms with Crippen LogP contribution in [0.2, 0.25) is 0 Å². The standard InChI is InChI=1S/C25H26N4O5/c1-3-21(23(30)26-13-22-19(24(31)32)12-27-29(22)2)28-25(33)34-14-20-17-10-6-4-8-15(17)16-9-5-7-11-18(16)20/h4-12,20-21H,3,13-14H2,1-2H3,(H,26,30)(H,28,33)(H,31,32)/t21-/m0/s1. The summed E-state index contributed by atoms with van der Waals surface area (Å²) < 4.78 is 6.91. The molecule has 1 aliphatic carbocycles. The van der Waals surface area contributed by atoms with E-state index >= 15 is 0 Å². The van der Waals surface area contributed by atoms with Crippen LogP contribution >= 0.6 is 0 Å². The Morgan fingerprint density at radius 3 is 2.29 bits per heavy atom. The number of ether oxygens (including phenoxy) is 1. The molecule has 3 N–H and O–H groups in total. The highest BCUT2D eigenvalue weighted by Gasteiger charge is 2.29. The molecule has 176 valence electrons. The zero-order valence-electron chi connectivity index (χ0n) is 18.9. The number of carbonyl (C=O) groups is 3. The van der Waals surface area contributed by atoms with Crippen LogP contribution in [0.5, 0.6) is 0 Å². The number of rotatable bonds is 8. The summed E-state index contributed by atoms with van der Waals surface area (Å²) in [6.45, 7) is 1.88. The molecule has 0 saturated carbocycles. The van der Waals surface area contributed by atoms with Crippen LogP contribution in [0.15, 0.2) is 54.7 Å². The van der Waals surface area contributed by atoms with Crippen LogP contribution in [0.4, 0.5) is 4.79 Å². The Hall–Kier alpha value is -4.14. The number of fused-ring (bicyclic) bond motifs is 3. The van der Waals surface area contributed by atoms with Gasteiger partial charge in [0, 0.05) is 13.0 Å². The Bertz CT molecular complexity index is 1190. The molecule has 1 atom stereocenters. The first-order valence-electron chi connectivity index (χ1n) is 11.0. The van der Waals surface area contributed by atoms with Crippen LogP contribution < -0.4 is 10.6 Å². The molecule has 0 radical (unpaired) electrons. The van der Waals surface area contributed by atoms with Gasteiger partial charge in [0.2, 0.25) is 5.91 Å². The number of aryl methyl sites for hydroxylation is 1. The van der Waals surface area contributed by atoms with E-state index in [0.29, 0.717) is 12.1 Å². The molecule has 0 aliphatic heterocycles. The Labute approximate surface area is 196 Å². The van der Waals surface area contributed by atoms with Crippen molar-refractivity contribution in [1.29, 1.82) is 0 Å². The van der Waals surface area contributed by atoms with Gasteiger partial charge in [-0.05, 0) is 28.7 Å². The molecule has 0 unspecified atom stereocenters. The first-order valence-corrected chi connectivity index (χ1v) is 11.0. The van der Waals surface area contributed by atoms with E-state index in [-0.39, 0.29) is 24.6 Å². The molecule has 1 aromatic heterocycles. The Balaban J connectivity index is 1.36. The number of amides is 2. The number of nitrogens with one attached hydrogen (secondary N) is 2. The van der Waals surface area contributed by atoms with Crippen molar-refractivity contribution in [1.82, 2.24) is 20.4 Å². The number of benzene rings is 2. The largest absolute Gasteiger partial charge is 0.478 e. The van der Waals surface area contributed by atoms with Gasteiger partial charge < -0.3 is 20.5 Å². The quantitative estimate of drug-likeness (QED) is 0.473. The summed E-state index contributed by atoms with van der Waals surface area (Å²) in [5.41, 5.74) is 4.85. The Morgan fingerprint density at radius 2 is 1.71 bits per heavy atom. The molecular formula is C25H26N4O5. The van der Waals surface area contributed by atoms with Crippen LogP contribution in [0.3, 0.4) is 0 Å². The van der Waals surface area contributed by atoms with Gasteiger partial charge in [0.15, 0.2) is 0 Å². The topological polar surface area (TPSA) is 123 Å². The third kappa shape index (κ3) is 4.50. The Morgan fingerprint density at radius 1 is 1.09 bits per heavy atom. The minimum atomic E-state index is -1.12. The summed E-state index contributed by atoms with van der Waals surface area (Å²) in [5.74, 6) is -1.64. The normalized spacial score (nSPS) is 13.0. The van der Waals surface area contributed by atoms with Crippen LogP contribution in [-0.2, 0) is 23.1 Å². The third-order valence-electron chi connectivity index (χ3n) is 6.08. The molecule has 1 heterocycles. The van der Waals surface area contributed by atoms with E-state index < -0.39 is 24.0 Å². The number of aromatic nitrogens is 2. The third-order valence-corrected chi connectivity index (χ3v) is 6.08. The maximum atomic E-state index is 12.6. The lowest BCUT2D eigenvalue weighted by molar-refractivity contribution is -0.123. The zero-order valence-corrected chi connectivity index (χ0v) is 18.9. The molecule has 3 aromatic rings. The lowest BCUT2D eigenvalue weighted by atomic mass is 9.98. The van der Waals surface area contributed by atoms with Crippen molar-refractivity contribution in [2.24, 2.45) is 7.05 Å². The molecule has 0 saturated heterocycles. The molecule has 1 aliphatic rings. The van der Waals surface area contributed by atoms with Gasteiger partial charge in [-0.2, -0.15) is 5.10 Å². The lowest BCUT2D eigenvalue weighted by Gasteiger charge is -2.19. The van der Waals surface area contributed by atoms with Crippen LogP contribution in [0, 0.1) is 0 Å². The first-order chi connectivity index (χ1) is 16.4. The van der Waals surface area contributed by atoms with Gasteiger partial charge in [0.05, 0.1) is 18.4 Å². The van der Waals surface area contributed by atoms with Crippen molar-refractivity contribution in [3.63, 3.8) is 0 Å². The number of aromatic carboxylic acids is 1. The summed E-state index contributed by atoms with van der Waals surface area (Å²) in [7, 11) is 1.60. The molecule has 34 heavy (non-hydrogen) atoms. The number of carboxylic acid groups (broad SMARTS) is 1. The number of hydrogen-bond acceptors (Lipinski definition) is 5. The van der Waals surface area contributed by atoms with E-state index in [2.05, 4.69) is 27.9 Å². The fourth-order valence-electron chi connectivity index (χ4n) is 4.28. The number of carbonyl (C=O) groups excluding carboxylic acids is 2. The second-order valence-corrected chi connectivity index (χ2v) is 8.08. The van der Waals surface area contributed by atoms with Crippen molar-refractivity contribution >= 4 is 18.0 Å².